The molecule has 2 aromatic carbocycles. The average molecular weight is 572 g/mol. The number of anilines is 3. The molecule has 7 rings (SSSR count). The average Bonchev–Trinajstić information content (AvgIpc) is 3.53. The molecule has 9 nitrogen and oxygen atoms in total. The Morgan fingerprint density at radius 3 is 2.31 bits per heavy atom. The fourth-order valence-corrected chi connectivity index (χ4v) is 6.66. The van der Waals surface area contributed by atoms with Gasteiger partial charge in [0, 0.05) is 74.9 Å². The minimum absolute atomic E-state index is 0.368. The largest absolute Gasteiger partial charge is 0.383 e. The lowest BCUT2D eigenvalue weighted by molar-refractivity contribution is 0.0828. The van der Waals surface area contributed by atoms with Crippen molar-refractivity contribution < 1.29 is 8.78 Å². The Kier molecular flexibility index (Phi) is 6.78. The van der Waals surface area contributed by atoms with Crippen LogP contribution in [0.15, 0.2) is 48.9 Å². The lowest BCUT2D eigenvalue weighted by atomic mass is 9.89. The minimum atomic E-state index is -0.915. The first-order valence-electron chi connectivity index (χ1n) is 14.6. The lowest BCUT2D eigenvalue weighted by Crippen LogP contribution is -2.49. The number of nitrogen functional groups attached to an aromatic ring is 1. The van der Waals surface area contributed by atoms with Crippen LogP contribution >= 0.6 is 0 Å². The van der Waals surface area contributed by atoms with Crippen molar-refractivity contribution in [1.82, 2.24) is 33.9 Å². The van der Waals surface area contributed by atoms with E-state index in [1.54, 1.807) is 17.9 Å². The van der Waals surface area contributed by atoms with Gasteiger partial charge in [-0.3, -0.25) is 4.90 Å². The SMILES string of the molecule is CN1CCN(C2CCC(n3cc(-c4ccc(Nc5nc6cc(F)c(F)cc6n5C)cc4)c4c(N)ncnc43)CC2)CC1. The molecule has 1 saturated heterocycles. The summed E-state index contributed by atoms with van der Waals surface area (Å²) >= 11 is 0. The van der Waals surface area contributed by atoms with Gasteiger partial charge in [0.15, 0.2) is 11.6 Å². The summed E-state index contributed by atoms with van der Waals surface area (Å²) in [5.74, 6) is -0.848. The highest BCUT2D eigenvalue weighted by molar-refractivity contribution is 6.00. The van der Waals surface area contributed by atoms with Crippen LogP contribution in [0.5, 0.6) is 0 Å². The van der Waals surface area contributed by atoms with E-state index in [-0.39, 0.29) is 0 Å². The van der Waals surface area contributed by atoms with Crippen LogP contribution in [-0.2, 0) is 7.05 Å². The van der Waals surface area contributed by atoms with Crippen molar-refractivity contribution in [2.24, 2.45) is 7.05 Å². The second kappa shape index (κ2) is 10.6. The highest BCUT2D eigenvalue weighted by Crippen LogP contribution is 2.39. The number of piperazine rings is 1. The monoisotopic (exact) mass is 571 g/mol. The number of rotatable bonds is 5. The van der Waals surface area contributed by atoms with Gasteiger partial charge in [-0.15, -0.1) is 0 Å². The maximum Gasteiger partial charge on any atom is 0.208 e. The van der Waals surface area contributed by atoms with E-state index in [1.165, 1.54) is 12.8 Å². The summed E-state index contributed by atoms with van der Waals surface area (Å²) in [6, 6.07) is 11.3. The maximum absolute atomic E-state index is 13.8. The smallest absolute Gasteiger partial charge is 0.208 e. The molecular weight excluding hydrogens is 536 g/mol. The topological polar surface area (TPSA) is 93.1 Å². The molecule has 1 aliphatic heterocycles. The van der Waals surface area contributed by atoms with Crippen LogP contribution in [0.4, 0.5) is 26.2 Å². The number of nitrogens with two attached hydrogens (primary N) is 1. The highest BCUT2D eigenvalue weighted by atomic mass is 19.2. The fourth-order valence-electron chi connectivity index (χ4n) is 6.66. The van der Waals surface area contributed by atoms with E-state index >= 15 is 0 Å². The molecule has 0 bridgehead atoms. The van der Waals surface area contributed by atoms with Gasteiger partial charge in [-0.25, -0.2) is 23.7 Å². The molecule has 1 saturated carbocycles. The van der Waals surface area contributed by atoms with Crippen LogP contribution in [0.1, 0.15) is 31.7 Å². The van der Waals surface area contributed by atoms with Gasteiger partial charge in [0.1, 0.15) is 17.8 Å². The number of aryl methyl sites for hydroxylation is 1. The number of aromatic nitrogens is 5. The van der Waals surface area contributed by atoms with Crippen molar-refractivity contribution in [1.29, 1.82) is 0 Å². The zero-order chi connectivity index (χ0) is 29.0. The zero-order valence-corrected chi connectivity index (χ0v) is 23.9. The molecule has 1 aliphatic carbocycles. The number of likely N-dealkylation sites (N-methyl/N-ethyl adjacent to an activating group) is 1. The summed E-state index contributed by atoms with van der Waals surface area (Å²) in [5.41, 5.74) is 11.0. The van der Waals surface area contributed by atoms with E-state index in [0.29, 0.717) is 34.9 Å². The zero-order valence-electron chi connectivity index (χ0n) is 23.9. The molecule has 0 radical (unpaired) electrons. The van der Waals surface area contributed by atoms with Gasteiger partial charge in [0.05, 0.1) is 16.4 Å². The van der Waals surface area contributed by atoms with Crippen LogP contribution < -0.4 is 11.1 Å². The summed E-state index contributed by atoms with van der Waals surface area (Å²) in [6.45, 7) is 4.61. The Morgan fingerprint density at radius 1 is 0.881 bits per heavy atom. The second-order valence-corrected chi connectivity index (χ2v) is 11.7. The number of benzene rings is 2. The molecule has 3 aromatic heterocycles. The Balaban J connectivity index is 1.13. The molecule has 42 heavy (non-hydrogen) atoms. The Hall–Kier alpha value is -4.09. The highest BCUT2D eigenvalue weighted by Gasteiger charge is 2.30. The Morgan fingerprint density at radius 2 is 1.57 bits per heavy atom. The van der Waals surface area contributed by atoms with E-state index in [0.717, 1.165) is 79.0 Å². The maximum atomic E-state index is 13.8. The van der Waals surface area contributed by atoms with E-state index in [4.69, 9.17) is 5.73 Å². The quantitative estimate of drug-likeness (QED) is 0.295. The molecule has 5 aromatic rings. The van der Waals surface area contributed by atoms with Crippen LogP contribution in [-0.4, -0.2) is 73.2 Å². The summed E-state index contributed by atoms with van der Waals surface area (Å²) in [6.07, 6.45) is 8.33. The Bertz CT molecular complexity index is 1740. The van der Waals surface area contributed by atoms with Crippen molar-refractivity contribution in [2.45, 2.75) is 37.8 Å². The van der Waals surface area contributed by atoms with Gasteiger partial charge in [-0.05, 0) is 50.4 Å². The Labute approximate surface area is 243 Å². The van der Waals surface area contributed by atoms with E-state index in [9.17, 15) is 8.78 Å². The number of hydrogen-bond acceptors (Lipinski definition) is 7. The summed E-state index contributed by atoms with van der Waals surface area (Å²) in [5, 5.41) is 4.14. The first-order chi connectivity index (χ1) is 20.4. The van der Waals surface area contributed by atoms with Gasteiger partial charge < -0.3 is 25.1 Å². The third-order valence-corrected chi connectivity index (χ3v) is 9.13. The number of imidazole rings is 1. The first-order valence-corrected chi connectivity index (χ1v) is 14.6. The third-order valence-electron chi connectivity index (χ3n) is 9.13. The van der Waals surface area contributed by atoms with Crippen molar-refractivity contribution >= 4 is 39.5 Å². The number of nitrogens with zero attached hydrogens (tertiary/aromatic N) is 7. The van der Waals surface area contributed by atoms with Crippen LogP contribution in [0.2, 0.25) is 0 Å². The summed E-state index contributed by atoms with van der Waals surface area (Å²) < 4.78 is 31.5. The van der Waals surface area contributed by atoms with Gasteiger partial charge >= 0.3 is 0 Å². The third kappa shape index (κ3) is 4.76. The molecule has 218 valence electrons. The van der Waals surface area contributed by atoms with E-state index in [2.05, 4.69) is 47.9 Å². The minimum Gasteiger partial charge on any atom is -0.383 e. The number of nitrogens with one attached hydrogen (secondary N) is 1. The number of hydrogen-bond donors (Lipinski definition) is 2. The fraction of sp³-hybridized carbons (Fsp3) is 0.387. The van der Waals surface area contributed by atoms with Gasteiger partial charge in [-0.1, -0.05) is 12.1 Å². The van der Waals surface area contributed by atoms with Crippen molar-refractivity contribution in [3.05, 3.63) is 60.6 Å². The lowest BCUT2D eigenvalue weighted by Gasteiger charge is -2.41. The second-order valence-electron chi connectivity index (χ2n) is 11.7. The molecule has 0 amide bonds. The number of halogens is 2. The normalized spacial score (nSPS) is 20.5. The van der Waals surface area contributed by atoms with Crippen molar-refractivity contribution in [3.8, 4) is 11.1 Å². The van der Waals surface area contributed by atoms with E-state index < -0.39 is 11.6 Å². The molecule has 3 N–H and O–H groups in total. The predicted molar refractivity (Wildman–Crippen MR) is 162 cm³/mol. The molecule has 0 atom stereocenters. The predicted octanol–water partition coefficient (Wildman–Crippen LogP) is 5.32. The molecular formula is C31H35F2N9. The van der Waals surface area contributed by atoms with E-state index in [1.807, 2.05) is 24.3 Å². The molecule has 0 spiro atoms. The van der Waals surface area contributed by atoms with Gasteiger partial charge in [0.2, 0.25) is 5.95 Å². The molecule has 0 unspecified atom stereocenters. The summed E-state index contributed by atoms with van der Waals surface area (Å²) in [4.78, 5) is 18.5. The van der Waals surface area contributed by atoms with Gasteiger partial charge in [0.25, 0.3) is 0 Å². The molecule has 2 fully saturated rings. The first kappa shape index (κ1) is 26.8. The molecule has 2 aliphatic rings. The number of fused-ring (bicyclic) bond motifs is 2. The van der Waals surface area contributed by atoms with Crippen LogP contribution in [0.3, 0.4) is 0 Å². The molecule has 4 heterocycles. The van der Waals surface area contributed by atoms with Crippen molar-refractivity contribution in [2.75, 3.05) is 44.3 Å². The molecule has 11 heteroatoms. The van der Waals surface area contributed by atoms with Crippen molar-refractivity contribution in [3.63, 3.8) is 0 Å². The van der Waals surface area contributed by atoms with Crippen LogP contribution in [0, 0.1) is 11.6 Å². The standard InChI is InChI=1S/C31H35F2N9/c1-39-11-13-41(14-12-39)21-7-9-22(10-8-21)42-17-23(28-29(34)35-18-36-30(28)42)19-3-5-20(6-4-19)37-31-38-26-15-24(32)25(33)16-27(26)40(31)2/h3-6,15-18,21-22H,7-14H2,1-2H3,(H,37,38)(H2,34,35,36). The summed E-state index contributed by atoms with van der Waals surface area (Å²) in [7, 11) is 3.97. The van der Waals surface area contributed by atoms with Gasteiger partial charge in [-0.2, -0.15) is 0 Å². The van der Waals surface area contributed by atoms with Crippen LogP contribution in [0.25, 0.3) is 33.2 Å².